The van der Waals surface area contributed by atoms with Crippen molar-refractivity contribution in [1.29, 1.82) is 5.26 Å². The highest BCUT2D eigenvalue weighted by Gasteiger charge is 2.16. The van der Waals surface area contributed by atoms with Gasteiger partial charge in [0.25, 0.3) is 5.89 Å². The Hall–Kier alpha value is -3.14. The molecule has 2 heterocycles. The molecule has 21 heavy (non-hydrogen) atoms. The van der Waals surface area contributed by atoms with E-state index >= 15 is 0 Å². The lowest BCUT2D eigenvalue weighted by molar-refractivity contribution is 0.432. The maximum Gasteiger partial charge on any atom is 0.262 e. The SMILES string of the molecule is Cc1cc(-c2noc(-c3cn[nH]c3C#N)n2)cc(C)c1O. The Kier molecular flexibility index (Phi) is 2.92. The highest BCUT2D eigenvalue weighted by atomic mass is 16.5. The summed E-state index contributed by atoms with van der Waals surface area (Å²) in [7, 11) is 0. The first-order valence-corrected chi connectivity index (χ1v) is 6.18. The molecule has 0 bridgehead atoms. The molecule has 0 spiro atoms. The quantitative estimate of drug-likeness (QED) is 0.745. The Morgan fingerprint density at radius 3 is 2.67 bits per heavy atom. The molecular weight excluding hydrogens is 270 g/mol. The number of H-pyrrole nitrogens is 1. The highest BCUT2D eigenvalue weighted by molar-refractivity contribution is 5.65. The molecule has 104 valence electrons. The fourth-order valence-corrected chi connectivity index (χ4v) is 2.07. The summed E-state index contributed by atoms with van der Waals surface area (Å²) in [6, 6.07) is 5.52. The van der Waals surface area contributed by atoms with E-state index in [0.29, 0.717) is 11.4 Å². The lowest BCUT2D eigenvalue weighted by Crippen LogP contribution is -1.87. The predicted octanol–water partition coefficient (Wildman–Crippen LogP) is 2.32. The van der Waals surface area contributed by atoms with Crippen molar-refractivity contribution >= 4 is 0 Å². The van der Waals surface area contributed by atoms with Crippen LogP contribution in [0.25, 0.3) is 22.8 Å². The summed E-state index contributed by atoms with van der Waals surface area (Å²) < 4.78 is 5.18. The van der Waals surface area contributed by atoms with Crippen molar-refractivity contribution in [2.45, 2.75) is 13.8 Å². The third-order valence-corrected chi connectivity index (χ3v) is 3.16. The van der Waals surface area contributed by atoms with Gasteiger partial charge in [0, 0.05) is 5.56 Å². The van der Waals surface area contributed by atoms with Crippen LogP contribution in [0.5, 0.6) is 5.75 Å². The van der Waals surface area contributed by atoms with Crippen LogP contribution in [0.4, 0.5) is 0 Å². The molecule has 0 saturated carbocycles. The molecule has 0 unspecified atom stereocenters. The second-order valence-electron chi connectivity index (χ2n) is 4.65. The van der Waals surface area contributed by atoms with Gasteiger partial charge in [-0.15, -0.1) is 0 Å². The van der Waals surface area contributed by atoms with Gasteiger partial charge in [-0.25, -0.2) is 0 Å². The minimum absolute atomic E-state index is 0.221. The van der Waals surface area contributed by atoms with Gasteiger partial charge in [-0.1, -0.05) is 5.16 Å². The Bertz CT molecular complexity index is 833. The molecule has 3 rings (SSSR count). The van der Waals surface area contributed by atoms with E-state index in [1.807, 2.05) is 6.07 Å². The molecule has 0 amide bonds. The Balaban J connectivity index is 2.05. The van der Waals surface area contributed by atoms with Crippen molar-refractivity contribution in [2.24, 2.45) is 0 Å². The van der Waals surface area contributed by atoms with Gasteiger partial charge in [-0.3, -0.25) is 5.10 Å². The number of aromatic amines is 1. The molecule has 0 radical (unpaired) electrons. The van der Waals surface area contributed by atoms with Crippen LogP contribution in [0, 0.1) is 25.2 Å². The van der Waals surface area contributed by atoms with E-state index in [1.54, 1.807) is 26.0 Å². The highest BCUT2D eigenvalue weighted by Crippen LogP contribution is 2.29. The molecule has 0 aliphatic rings. The van der Waals surface area contributed by atoms with Crippen LogP contribution in [0.1, 0.15) is 16.8 Å². The fourth-order valence-electron chi connectivity index (χ4n) is 2.07. The molecule has 0 saturated heterocycles. The van der Waals surface area contributed by atoms with Crippen LogP contribution in [-0.4, -0.2) is 25.4 Å². The van der Waals surface area contributed by atoms with E-state index < -0.39 is 0 Å². The molecule has 1 aromatic carbocycles. The first kappa shape index (κ1) is 12.9. The Morgan fingerprint density at radius 1 is 1.29 bits per heavy atom. The van der Waals surface area contributed by atoms with E-state index in [4.69, 9.17) is 9.78 Å². The lowest BCUT2D eigenvalue weighted by Gasteiger charge is -2.04. The van der Waals surface area contributed by atoms with Crippen molar-refractivity contribution < 1.29 is 9.63 Å². The Labute approximate surface area is 119 Å². The fraction of sp³-hybridized carbons (Fsp3) is 0.143. The third-order valence-electron chi connectivity index (χ3n) is 3.16. The zero-order valence-electron chi connectivity index (χ0n) is 11.4. The number of phenolic OH excluding ortho intramolecular Hbond substituents is 1. The molecule has 3 aromatic rings. The topological polar surface area (TPSA) is 112 Å². The van der Waals surface area contributed by atoms with Gasteiger partial charge in [0.05, 0.1) is 11.8 Å². The second kappa shape index (κ2) is 4.76. The zero-order valence-corrected chi connectivity index (χ0v) is 11.4. The molecule has 0 aliphatic heterocycles. The predicted molar refractivity (Wildman–Crippen MR) is 73.2 cm³/mol. The lowest BCUT2D eigenvalue weighted by atomic mass is 10.1. The summed E-state index contributed by atoms with van der Waals surface area (Å²) >= 11 is 0. The van der Waals surface area contributed by atoms with E-state index in [2.05, 4.69) is 20.3 Å². The van der Waals surface area contributed by atoms with Gasteiger partial charge in [0.2, 0.25) is 5.82 Å². The van der Waals surface area contributed by atoms with Crippen LogP contribution >= 0.6 is 0 Å². The summed E-state index contributed by atoms with van der Waals surface area (Å²) in [5.74, 6) is 0.865. The Morgan fingerprint density at radius 2 is 2.00 bits per heavy atom. The first-order valence-electron chi connectivity index (χ1n) is 6.18. The molecular formula is C14H11N5O2. The molecule has 7 nitrogen and oxygen atoms in total. The third kappa shape index (κ3) is 2.12. The normalized spacial score (nSPS) is 10.5. The second-order valence-corrected chi connectivity index (χ2v) is 4.65. The molecule has 7 heteroatoms. The number of hydrogen-bond donors (Lipinski definition) is 2. The minimum Gasteiger partial charge on any atom is -0.507 e. The van der Waals surface area contributed by atoms with Crippen LogP contribution in [0.3, 0.4) is 0 Å². The average molecular weight is 281 g/mol. The smallest absolute Gasteiger partial charge is 0.262 e. The minimum atomic E-state index is 0.221. The summed E-state index contributed by atoms with van der Waals surface area (Å²) in [6.07, 6.45) is 1.46. The number of nitriles is 1. The monoisotopic (exact) mass is 281 g/mol. The van der Waals surface area contributed by atoms with Gasteiger partial charge in [0.15, 0.2) is 0 Å². The van der Waals surface area contributed by atoms with E-state index in [-0.39, 0.29) is 17.3 Å². The van der Waals surface area contributed by atoms with Gasteiger partial charge < -0.3 is 9.63 Å². The van der Waals surface area contributed by atoms with Crippen molar-refractivity contribution in [3.8, 4) is 34.7 Å². The van der Waals surface area contributed by atoms with Gasteiger partial charge in [0.1, 0.15) is 17.5 Å². The maximum absolute atomic E-state index is 9.79. The summed E-state index contributed by atoms with van der Waals surface area (Å²) in [5, 5.41) is 29.0. The summed E-state index contributed by atoms with van der Waals surface area (Å²) in [5.41, 5.74) is 2.93. The number of aryl methyl sites for hydroxylation is 2. The van der Waals surface area contributed by atoms with Gasteiger partial charge >= 0.3 is 0 Å². The zero-order chi connectivity index (χ0) is 15.0. The summed E-state index contributed by atoms with van der Waals surface area (Å²) in [6.45, 7) is 3.60. The van der Waals surface area contributed by atoms with Crippen LogP contribution in [-0.2, 0) is 0 Å². The molecule has 2 N–H and O–H groups in total. The van der Waals surface area contributed by atoms with Crippen molar-refractivity contribution in [3.05, 3.63) is 35.2 Å². The van der Waals surface area contributed by atoms with Crippen molar-refractivity contribution in [2.75, 3.05) is 0 Å². The van der Waals surface area contributed by atoms with Crippen LogP contribution < -0.4 is 0 Å². The van der Waals surface area contributed by atoms with Gasteiger partial charge in [-0.05, 0) is 37.1 Å². The number of aromatic hydroxyl groups is 1. The van der Waals surface area contributed by atoms with Crippen LogP contribution in [0.15, 0.2) is 22.9 Å². The average Bonchev–Trinajstić information content (AvgIpc) is 3.11. The maximum atomic E-state index is 9.79. The number of nitrogens with one attached hydrogen (secondary N) is 1. The largest absolute Gasteiger partial charge is 0.507 e. The van der Waals surface area contributed by atoms with Crippen LogP contribution in [0.2, 0.25) is 0 Å². The number of phenols is 1. The van der Waals surface area contributed by atoms with Crippen molar-refractivity contribution in [1.82, 2.24) is 20.3 Å². The number of aromatic nitrogens is 4. The van der Waals surface area contributed by atoms with Crippen molar-refractivity contribution in [3.63, 3.8) is 0 Å². The number of benzene rings is 1. The standard InChI is InChI=1S/C14H11N5O2/c1-7-3-9(4-8(2)12(7)20)13-17-14(21-19-13)10-6-16-18-11(10)5-15/h3-4,6,20H,1-2H3,(H,16,18). The molecule has 0 aliphatic carbocycles. The molecule has 0 atom stereocenters. The van der Waals surface area contributed by atoms with E-state index in [0.717, 1.165) is 16.7 Å². The molecule has 2 aromatic heterocycles. The van der Waals surface area contributed by atoms with E-state index in [1.165, 1.54) is 6.20 Å². The van der Waals surface area contributed by atoms with E-state index in [9.17, 15) is 5.11 Å². The van der Waals surface area contributed by atoms with Gasteiger partial charge in [-0.2, -0.15) is 15.3 Å². The number of nitrogens with zero attached hydrogens (tertiary/aromatic N) is 4. The summed E-state index contributed by atoms with van der Waals surface area (Å²) in [4.78, 5) is 4.27. The number of hydrogen-bond acceptors (Lipinski definition) is 6. The molecule has 0 fully saturated rings. The first-order chi connectivity index (χ1) is 10.1. The number of rotatable bonds is 2.